The predicted octanol–water partition coefficient (Wildman–Crippen LogP) is 7.02. The maximum atomic E-state index is 15.2. The van der Waals surface area contributed by atoms with Gasteiger partial charge in [0.1, 0.15) is 11.6 Å². The molecule has 0 fully saturated rings. The van der Waals surface area contributed by atoms with E-state index >= 15 is 4.39 Å². The van der Waals surface area contributed by atoms with Gasteiger partial charge in [-0.3, -0.25) is 0 Å². The molecule has 4 aromatic carbocycles. The summed E-state index contributed by atoms with van der Waals surface area (Å²) < 4.78 is 35.0. The fraction of sp³-hybridized carbons (Fsp3) is 0.207. The number of ether oxygens (including phenoxy) is 1. The van der Waals surface area contributed by atoms with Crippen molar-refractivity contribution in [3.8, 4) is 17.2 Å². The van der Waals surface area contributed by atoms with Crippen LogP contribution in [-0.2, 0) is 24.0 Å². The number of hydrogen-bond acceptors (Lipinski definition) is 2. The third-order valence-corrected chi connectivity index (χ3v) is 5.96. The molecule has 0 saturated carbocycles. The zero-order chi connectivity index (χ0) is 23.2. The number of benzene rings is 4. The Labute approximate surface area is 193 Å². The fourth-order valence-electron chi connectivity index (χ4n) is 4.09. The zero-order valence-corrected chi connectivity index (χ0v) is 18.6. The Hall–Kier alpha value is -3.55. The second kappa shape index (κ2) is 10.4. The first kappa shape index (κ1) is 22.6. The summed E-state index contributed by atoms with van der Waals surface area (Å²) in [5, 5.41) is 10.2. The average Bonchev–Trinajstić information content (AvgIpc) is 2.84. The van der Waals surface area contributed by atoms with E-state index < -0.39 is 0 Å². The van der Waals surface area contributed by atoms with Crippen molar-refractivity contribution in [1.29, 1.82) is 5.26 Å². The van der Waals surface area contributed by atoms with Gasteiger partial charge in [-0.2, -0.15) is 5.26 Å². The Morgan fingerprint density at radius 3 is 2.33 bits per heavy atom. The van der Waals surface area contributed by atoms with Crippen LogP contribution in [0.15, 0.2) is 72.8 Å². The molecule has 0 saturated heterocycles. The molecule has 2 nitrogen and oxygen atoms in total. The molecule has 0 N–H and O–H groups in total. The van der Waals surface area contributed by atoms with Gasteiger partial charge in [-0.25, -0.2) is 8.78 Å². The van der Waals surface area contributed by atoms with Gasteiger partial charge in [0.25, 0.3) is 0 Å². The summed E-state index contributed by atoms with van der Waals surface area (Å²) in [7, 11) is 1.66. The fourth-order valence-corrected chi connectivity index (χ4v) is 4.09. The Morgan fingerprint density at radius 1 is 0.818 bits per heavy atom. The molecule has 0 aliphatic heterocycles. The summed E-state index contributed by atoms with van der Waals surface area (Å²) in [4.78, 5) is 0. The van der Waals surface area contributed by atoms with Crippen LogP contribution in [0.3, 0.4) is 0 Å². The lowest BCUT2D eigenvalue weighted by Gasteiger charge is -2.10. The molecule has 0 unspecified atom stereocenters. The van der Waals surface area contributed by atoms with Crippen LogP contribution in [0.25, 0.3) is 21.9 Å². The Kier molecular flexibility index (Phi) is 7.12. The molecule has 0 aromatic heterocycles. The van der Waals surface area contributed by atoms with Gasteiger partial charge >= 0.3 is 0 Å². The van der Waals surface area contributed by atoms with E-state index in [0.29, 0.717) is 41.5 Å². The molecular formula is C29H25F2NO. The first-order chi connectivity index (χ1) is 16.1. The summed E-state index contributed by atoms with van der Waals surface area (Å²) in [6.07, 6.45) is 2.86. The van der Waals surface area contributed by atoms with Gasteiger partial charge in [-0.15, -0.1) is 0 Å². The number of nitrogens with zero attached hydrogens (tertiary/aromatic N) is 1. The molecule has 0 aliphatic rings. The molecule has 0 heterocycles. The van der Waals surface area contributed by atoms with Crippen molar-refractivity contribution >= 4 is 10.8 Å². The molecule has 0 aliphatic carbocycles. The number of aryl methyl sites for hydroxylation is 3. The highest BCUT2D eigenvalue weighted by molar-refractivity contribution is 5.88. The standard InChI is InChI=1S/C29H25F2NO/c1-33-16-2-3-21-9-14-26(28(30)17-21)24-13-15-27-25(18-24)12-11-23(29(27)31)10-8-20-4-6-22(19-32)7-5-20/h4-7,9,11-15,17-18H,2-3,8,10,16H2,1H3. The lowest BCUT2D eigenvalue weighted by Crippen LogP contribution is -1.97. The Morgan fingerprint density at radius 2 is 1.61 bits per heavy atom. The van der Waals surface area contributed by atoms with E-state index in [2.05, 4.69) is 6.07 Å². The first-order valence-electron chi connectivity index (χ1n) is 11.1. The van der Waals surface area contributed by atoms with Crippen LogP contribution < -0.4 is 0 Å². The lowest BCUT2D eigenvalue weighted by molar-refractivity contribution is 0.195. The van der Waals surface area contributed by atoms with E-state index in [1.165, 1.54) is 0 Å². The molecule has 0 amide bonds. The second-order valence-electron chi connectivity index (χ2n) is 8.19. The molecule has 4 heteroatoms. The highest BCUT2D eigenvalue weighted by Crippen LogP contribution is 2.30. The Balaban J connectivity index is 1.53. The smallest absolute Gasteiger partial charge is 0.134 e. The summed E-state index contributed by atoms with van der Waals surface area (Å²) >= 11 is 0. The maximum absolute atomic E-state index is 15.2. The van der Waals surface area contributed by atoms with E-state index in [1.54, 1.807) is 49.6 Å². The van der Waals surface area contributed by atoms with Crippen LogP contribution in [0.5, 0.6) is 0 Å². The predicted molar refractivity (Wildman–Crippen MR) is 128 cm³/mol. The molecule has 0 radical (unpaired) electrons. The van der Waals surface area contributed by atoms with Crippen LogP contribution in [0.1, 0.15) is 28.7 Å². The minimum Gasteiger partial charge on any atom is -0.385 e. The Bertz CT molecular complexity index is 1310. The van der Waals surface area contributed by atoms with Gasteiger partial charge < -0.3 is 4.74 Å². The molecule has 33 heavy (non-hydrogen) atoms. The van der Waals surface area contributed by atoms with E-state index in [1.807, 2.05) is 30.3 Å². The van der Waals surface area contributed by atoms with Crippen molar-refractivity contribution in [3.63, 3.8) is 0 Å². The number of halogens is 2. The van der Waals surface area contributed by atoms with E-state index in [9.17, 15) is 4.39 Å². The number of methoxy groups -OCH3 is 1. The molecule has 4 aromatic rings. The number of nitriles is 1. The monoisotopic (exact) mass is 441 g/mol. The van der Waals surface area contributed by atoms with Gasteiger partial charge in [-0.05, 0) is 77.6 Å². The summed E-state index contributed by atoms with van der Waals surface area (Å²) in [6, 6.07) is 23.8. The minimum atomic E-state index is -0.274. The van der Waals surface area contributed by atoms with Gasteiger partial charge in [0.05, 0.1) is 11.6 Å². The highest BCUT2D eigenvalue weighted by Gasteiger charge is 2.11. The normalized spacial score (nSPS) is 11.0. The number of rotatable bonds is 8. The van der Waals surface area contributed by atoms with Crippen molar-refractivity contribution in [2.24, 2.45) is 0 Å². The molecule has 0 atom stereocenters. The van der Waals surface area contributed by atoms with E-state index in [4.69, 9.17) is 10.00 Å². The van der Waals surface area contributed by atoms with Gasteiger partial charge in [0.15, 0.2) is 0 Å². The third-order valence-electron chi connectivity index (χ3n) is 5.96. The summed E-state index contributed by atoms with van der Waals surface area (Å²) in [5.74, 6) is -0.509. The van der Waals surface area contributed by atoms with E-state index in [-0.39, 0.29) is 11.6 Å². The van der Waals surface area contributed by atoms with Gasteiger partial charge in [-0.1, -0.05) is 48.5 Å². The van der Waals surface area contributed by atoms with Crippen LogP contribution in [0.4, 0.5) is 8.78 Å². The largest absolute Gasteiger partial charge is 0.385 e. The average molecular weight is 442 g/mol. The second-order valence-corrected chi connectivity index (χ2v) is 8.19. The van der Waals surface area contributed by atoms with Crippen molar-refractivity contribution in [2.75, 3.05) is 13.7 Å². The topological polar surface area (TPSA) is 33.0 Å². The lowest BCUT2D eigenvalue weighted by atomic mass is 9.96. The number of hydrogen-bond donors (Lipinski definition) is 0. The molecule has 4 rings (SSSR count). The molecule has 0 bridgehead atoms. The molecule has 166 valence electrons. The first-order valence-corrected chi connectivity index (χ1v) is 11.1. The summed E-state index contributed by atoms with van der Waals surface area (Å²) in [5.41, 5.74) is 4.50. The third kappa shape index (κ3) is 5.27. The van der Waals surface area contributed by atoms with Crippen molar-refractivity contribution < 1.29 is 13.5 Å². The molecule has 0 spiro atoms. The van der Waals surface area contributed by atoms with Crippen LogP contribution in [0.2, 0.25) is 0 Å². The molecular weight excluding hydrogens is 416 g/mol. The SMILES string of the molecule is COCCCc1ccc(-c2ccc3c(F)c(CCc4ccc(C#N)cc4)ccc3c2)c(F)c1. The van der Waals surface area contributed by atoms with Crippen molar-refractivity contribution in [1.82, 2.24) is 0 Å². The zero-order valence-electron chi connectivity index (χ0n) is 18.6. The van der Waals surface area contributed by atoms with Crippen molar-refractivity contribution in [3.05, 3.63) is 107 Å². The summed E-state index contributed by atoms with van der Waals surface area (Å²) in [6.45, 7) is 0.648. The van der Waals surface area contributed by atoms with Crippen LogP contribution >= 0.6 is 0 Å². The number of fused-ring (bicyclic) bond motifs is 1. The maximum Gasteiger partial charge on any atom is 0.134 e. The minimum absolute atomic E-state index is 0.235. The van der Waals surface area contributed by atoms with Crippen LogP contribution in [-0.4, -0.2) is 13.7 Å². The van der Waals surface area contributed by atoms with Gasteiger partial charge in [0.2, 0.25) is 0 Å². The highest BCUT2D eigenvalue weighted by atomic mass is 19.1. The van der Waals surface area contributed by atoms with Gasteiger partial charge in [0, 0.05) is 24.7 Å². The van der Waals surface area contributed by atoms with E-state index in [0.717, 1.165) is 34.9 Å². The quantitative estimate of drug-likeness (QED) is 0.275. The van der Waals surface area contributed by atoms with Crippen molar-refractivity contribution in [2.45, 2.75) is 25.7 Å². The van der Waals surface area contributed by atoms with Crippen LogP contribution in [0, 0.1) is 23.0 Å².